The lowest BCUT2D eigenvalue weighted by molar-refractivity contribution is -0.145. The molecule has 0 unspecified atom stereocenters. The Hall–Kier alpha value is -2.12. The van der Waals surface area contributed by atoms with E-state index < -0.39 is 39.8 Å². The molecular weight excluding hydrogens is 472 g/mol. The monoisotopic (exact) mass is 514 g/mol. The van der Waals surface area contributed by atoms with E-state index in [-0.39, 0.29) is 66.4 Å². The summed E-state index contributed by atoms with van der Waals surface area (Å²) in [6, 6.07) is 0. The lowest BCUT2D eigenvalue weighted by Crippen LogP contribution is -2.59. The summed E-state index contributed by atoms with van der Waals surface area (Å²) in [5.41, 5.74) is -2.01. The Labute approximate surface area is 219 Å². The number of carbonyl (C=O) groups excluding carboxylic acids is 3. The van der Waals surface area contributed by atoms with Crippen LogP contribution in [0.5, 0.6) is 0 Å². The average Bonchev–Trinajstić information content (AvgIpc) is 2.99. The molecule has 2 saturated carbocycles. The second-order valence-corrected chi connectivity index (χ2v) is 13.5. The number of carboxylic acids is 1. The maximum absolute atomic E-state index is 14.0. The Balaban J connectivity index is 1.78. The zero-order chi connectivity index (χ0) is 27.9. The van der Waals surface area contributed by atoms with Gasteiger partial charge in [0.1, 0.15) is 5.78 Å². The SMILES string of the molecule is C/C(=C\[C@@H](O)C[C@@H](C)[C@H]1CC(=O)[C@@]2(C)C3=C(C(=O)C[C@]12C)[C@@]1(C)CC[C@H](O)C(C)(C)[C@H]1CC3=O)C(=O)O. The van der Waals surface area contributed by atoms with E-state index in [0.29, 0.717) is 24.0 Å². The fourth-order valence-corrected chi connectivity index (χ4v) is 8.80. The van der Waals surface area contributed by atoms with Crippen LogP contribution in [0.3, 0.4) is 0 Å². The van der Waals surface area contributed by atoms with Gasteiger partial charge in [-0.05, 0) is 67.8 Å². The third-order valence-electron chi connectivity index (χ3n) is 11.3. The summed E-state index contributed by atoms with van der Waals surface area (Å²) >= 11 is 0. The number of carbonyl (C=O) groups is 4. The van der Waals surface area contributed by atoms with Crippen molar-refractivity contribution in [1.29, 1.82) is 0 Å². The lowest BCUT2D eigenvalue weighted by Gasteiger charge is -2.60. The molecule has 37 heavy (non-hydrogen) atoms. The molecule has 7 heteroatoms. The molecule has 3 N–H and O–H groups in total. The molecule has 4 rings (SSSR count). The Morgan fingerprint density at radius 1 is 1.05 bits per heavy atom. The van der Waals surface area contributed by atoms with Gasteiger partial charge in [0.05, 0.1) is 17.6 Å². The van der Waals surface area contributed by atoms with Crippen molar-refractivity contribution >= 4 is 23.3 Å². The van der Waals surface area contributed by atoms with E-state index in [4.69, 9.17) is 5.11 Å². The molecule has 0 radical (unpaired) electrons. The number of ketones is 3. The van der Waals surface area contributed by atoms with Gasteiger partial charge in [-0.1, -0.05) is 34.6 Å². The van der Waals surface area contributed by atoms with Gasteiger partial charge in [0, 0.05) is 41.4 Å². The van der Waals surface area contributed by atoms with Crippen LogP contribution in [-0.4, -0.2) is 50.8 Å². The average molecular weight is 515 g/mol. The number of aliphatic hydroxyl groups is 2. The molecule has 0 heterocycles. The summed E-state index contributed by atoms with van der Waals surface area (Å²) in [6.45, 7) is 13.1. The fourth-order valence-electron chi connectivity index (χ4n) is 8.80. The molecule has 7 nitrogen and oxygen atoms in total. The van der Waals surface area contributed by atoms with Crippen LogP contribution in [0.15, 0.2) is 22.8 Å². The van der Waals surface area contributed by atoms with E-state index in [1.165, 1.54) is 13.0 Å². The molecule has 0 aliphatic heterocycles. The van der Waals surface area contributed by atoms with Crippen LogP contribution >= 0.6 is 0 Å². The summed E-state index contributed by atoms with van der Waals surface area (Å²) in [5, 5.41) is 30.4. The number of aliphatic hydroxyl groups excluding tert-OH is 2. The normalized spacial score (nSPS) is 41.2. The second-order valence-electron chi connectivity index (χ2n) is 13.5. The van der Waals surface area contributed by atoms with Crippen LogP contribution in [0.25, 0.3) is 0 Å². The number of allylic oxidation sites excluding steroid dienone is 2. The molecule has 0 aromatic heterocycles. The zero-order valence-electron chi connectivity index (χ0n) is 23.2. The maximum atomic E-state index is 14.0. The van der Waals surface area contributed by atoms with E-state index >= 15 is 0 Å². The molecule has 2 fully saturated rings. The van der Waals surface area contributed by atoms with E-state index in [1.807, 2.05) is 41.5 Å². The first-order chi connectivity index (χ1) is 16.9. The first kappa shape index (κ1) is 27.9. The highest BCUT2D eigenvalue weighted by Gasteiger charge is 2.70. The van der Waals surface area contributed by atoms with E-state index in [2.05, 4.69) is 0 Å². The van der Waals surface area contributed by atoms with Crippen molar-refractivity contribution in [2.75, 3.05) is 0 Å². The van der Waals surface area contributed by atoms with Crippen LogP contribution in [0.2, 0.25) is 0 Å². The molecule has 204 valence electrons. The molecule has 0 bridgehead atoms. The molecule has 0 aromatic rings. The first-order valence-corrected chi connectivity index (χ1v) is 13.6. The third kappa shape index (κ3) is 3.75. The highest BCUT2D eigenvalue weighted by molar-refractivity contribution is 6.16. The van der Waals surface area contributed by atoms with Crippen molar-refractivity contribution in [3.05, 3.63) is 22.8 Å². The topological polar surface area (TPSA) is 129 Å². The summed E-state index contributed by atoms with van der Waals surface area (Å²) < 4.78 is 0. The van der Waals surface area contributed by atoms with Crippen LogP contribution in [0.4, 0.5) is 0 Å². The molecule has 4 aliphatic carbocycles. The van der Waals surface area contributed by atoms with Gasteiger partial charge in [-0.3, -0.25) is 14.4 Å². The minimum absolute atomic E-state index is 0.0379. The Morgan fingerprint density at radius 2 is 1.68 bits per heavy atom. The van der Waals surface area contributed by atoms with Crippen LogP contribution in [0, 0.1) is 39.4 Å². The molecule has 4 aliphatic rings. The molecule has 0 spiro atoms. The van der Waals surface area contributed by atoms with Gasteiger partial charge < -0.3 is 15.3 Å². The molecule has 0 amide bonds. The van der Waals surface area contributed by atoms with Gasteiger partial charge in [-0.15, -0.1) is 0 Å². The predicted molar refractivity (Wildman–Crippen MR) is 137 cm³/mol. The van der Waals surface area contributed by atoms with Gasteiger partial charge in [-0.2, -0.15) is 0 Å². The van der Waals surface area contributed by atoms with Crippen molar-refractivity contribution in [1.82, 2.24) is 0 Å². The summed E-state index contributed by atoms with van der Waals surface area (Å²) in [5.74, 6) is -1.95. The van der Waals surface area contributed by atoms with Crippen molar-refractivity contribution in [2.45, 2.75) is 99.2 Å². The van der Waals surface area contributed by atoms with Gasteiger partial charge in [0.25, 0.3) is 0 Å². The van der Waals surface area contributed by atoms with Crippen LogP contribution in [-0.2, 0) is 19.2 Å². The lowest BCUT2D eigenvalue weighted by atomic mass is 9.42. The highest BCUT2D eigenvalue weighted by Crippen LogP contribution is 2.70. The Bertz CT molecular complexity index is 1130. The van der Waals surface area contributed by atoms with E-state index in [1.54, 1.807) is 0 Å². The van der Waals surface area contributed by atoms with Crippen molar-refractivity contribution in [3.63, 3.8) is 0 Å². The highest BCUT2D eigenvalue weighted by atomic mass is 16.4. The number of Topliss-reactive ketones (excluding diaryl/α,β-unsaturated/α-hetero) is 3. The number of hydrogen-bond acceptors (Lipinski definition) is 6. The third-order valence-corrected chi connectivity index (χ3v) is 11.3. The molecular formula is C30H42O7. The zero-order valence-corrected chi connectivity index (χ0v) is 23.2. The Morgan fingerprint density at radius 3 is 2.27 bits per heavy atom. The van der Waals surface area contributed by atoms with Crippen molar-refractivity contribution in [3.8, 4) is 0 Å². The van der Waals surface area contributed by atoms with Crippen molar-refractivity contribution < 1.29 is 34.5 Å². The van der Waals surface area contributed by atoms with Crippen molar-refractivity contribution in [2.24, 2.45) is 39.4 Å². The van der Waals surface area contributed by atoms with Gasteiger partial charge >= 0.3 is 5.97 Å². The number of fused-ring (bicyclic) bond motifs is 4. The molecule has 8 atom stereocenters. The largest absolute Gasteiger partial charge is 0.478 e. The first-order valence-electron chi connectivity index (χ1n) is 13.6. The minimum atomic E-state index is -1.10. The summed E-state index contributed by atoms with van der Waals surface area (Å²) in [7, 11) is 0. The van der Waals surface area contributed by atoms with Gasteiger partial charge in [0.15, 0.2) is 11.6 Å². The fraction of sp³-hybridized carbons (Fsp3) is 0.733. The quantitative estimate of drug-likeness (QED) is 0.472. The number of rotatable bonds is 5. The number of aliphatic carboxylic acids is 1. The van der Waals surface area contributed by atoms with E-state index in [9.17, 15) is 29.4 Å². The maximum Gasteiger partial charge on any atom is 0.331 e. The van der Waals surface area contributed by atoms with E-state index in [0.717, 1.165) is 0 Å². The predicted octanol–water partition coefficient (Wildman–Crippen LogP) is 4.05. The van der Waals surface area contributed by atoms with Crippen LogP contribution in [0.1, 0.15) is 87.0 Å². The van der Waals surface area contributed by atoms with Crippen LogP contribution < -0.4 is 0 Å². The number of carboxylic acid groups (broad SMARTS) is 1. The smallest absolute Gasteiger partial charge is 0.331 e. The number of hydrogen-bond donors (Lipinski definition) is 3. The van der Waals surface area contributed by atoms with Gasteiger partial charge in [-0.25, -0.2) is 4.79 Å². The molecule has 0 saturated heterocycles. The summed E-state index contributed by atoms with van der Waals surface area (Å²) in [4.78, 5) is 53.0. The van der Waals surface area contributed by atoms with Gasteiger partial charge in [0.2, 0.25) is 0 Å². The summed E-state index contributed by atoms with van der Waals surface area (Å²) in [6.07, 6.45) is 1.75. The Kier molecular flexibility index (Phi) is 6.56. The molecule has 0 aromatic carbocycles. The minimum Gasteiger partial charge on any atom is -0.478 e. The second kappa shape index (κ2) is 8.70. The standard InChI is InChI=1S/C30H42O7/c1-15(10-17(31)11-16(2)26(36)37)18-12-23(35)30(7)25-19(32)13-21-27(3,4)22(34)8-9-28(21,5)24(25)20(33)14-29(18,30)6/h11,15,17-18,21-22,31,34H,8-10,12-14H2,1-7H3,(H,36,37)/b16-11+/t15-,17+,18-,21-,22+,28+,29-,30+/m1/s1.